The number of benzene rings is 2. The van der Waals surface area contributed by atoms with Crippen LogP contribution in [0, 0.1) is 20.8 Å². The third-order valence-electron chi connectivity index (χ3n) is 4.78. The quantitative estimate of drug-likeness (QED) is 0.767. The van der Waals surface area contributed by atoms with Gasteiger partial charge in [-0.15, -0.1) is 11.8 Å². The summed E-state index contributed by atoms with van der Waals surface area (Å²) in [5.74, 6) is 0.0264. The maximum absolute atomic E-state index is 12.6. The van der Waals surface area contributed by atoms with Crippen molar-refractivity contribution in [2.75, 3.05) is 36.5 Å². The smallest absolute Gasteiger partial charge is 0.237 e. The summed E-state index contributed by atoms with van der Waals surface area (Å²) in [7, 11) is 0. The Balaban J connectivity index is 1.61. The van der Waals surface area contributed by atoms with Crippen molar-refractivity contribution in [3.8, 4) is 0 Å². The number of morpholine rings is 1. The lowest BCUT2D eigenvalue weighted by molar-refractivity contribution is -0.115. The van der Waals surface area contributed by atoms with E-state index >= 15 is 0 Å². The fraction of sp³-hybridized carbons (Fsp3) is 0.409. The molecule has 0 bridgehead atoms. The molecule has 0 radical (unpaired) electrons. The van der Waals surface area contributed by atoms with Crippen molar-refractivity contribution in [2.45, 2.75) is 37.8 Å². The molecular weight excluding hydrogens is 356 g/mol. The number of nitrogens with zero attached hydrogens (tertiary/aromatic N) is 1. The molecule has 1 aliphatic rings. The number of rotatable bonds is 5. The molecule has 1 atom stereocenters. The number of amides is 1. The number of anilines is 2. The van der Waals surface area contributed by atoms with E-state index in [0.29, 0.717) is 0 Å². The van der Waals surface area contributed by atoms with Crippen molar-refractivity contribution in [3.05, 3.63) is 53.1 Å². The van der Waals surface area contributed by atoms with Gasteiger partial charge >= 0.3 is 0 Å². The molecule has 1 amide bonds. The lowest BCUT2D eigenvalue weighted by Gasteiger charge is -2.29. The van der Waals surface area contributed by atoms with Crippen LogP contribution in [0.25, 0.3) is 0 Å². The van der Waals surface area contributed by atoms with Gasteiger partial charge in [0.2, 0.25) is 5.91 Å². The van der Waals surface area contributed by atoms with Gasteiger partial charge in [-0.05, 0) is 63.1 Å². The molecule has 0 unspecified atom stereocenters. The van der Waals surface area contributed by atoms with Crippen LogP contribution in [-0.4, -0.2) is 37.5 Å². The Labute approximate surface area is 166 Å². The molecule has 1 N–H and O–H groups in total. The van der Waals surface area contributed by atoms with Gasteiger partial charge in [0, 0.05) is 29.4 Å². The van der Waals surface area contributed by atoms with Crippen LogP contribution in [0.2, 0.25) is 0 Å². The molecule has 1 saturated heterocycles. The molecule has 27 heavy (non-hydrogen) atoms. The zero-order valence-electron chi connectivity index (χ0n) is 16.5. The first-order valence-corrected chi connectivity index (χ1v) is 10.3. The van der Waals surface area contributed by atoms with Crippen LogP contribution in [0.1, 0.15) is 23.6 Å². The Morgan fingerprint density at radius 2 is 1.67 bits per heavy atom. The van der Waals surface area contributed by atoms with Gasteiger partial charge in [0.15, 0.2) is 0 Å². The van der Waals surface area contributed by atoms with E-state index in [1.54, 1.807) is 11.8 Å². The molecular formula is C22H28N2O2S. The molecule has 2 aromatic carbocycles. The van der Waals surface area contributed by atoms with Crippen LogP contribution in [0.4, 0.5) is 11.4 Å². The number of aryl methyl sites for hydroxylation is 3. The summed E-state index contributed by atoms with van der Waals surface area (Å²) in [5, 5.41) is 2.88. The van der Waals surface area contributed by atoms with E-state index in [9.17, 15) is 4.79 Å². The summed E-state index contributed by atoms with van der Waals surface area (Å²) >= 11 is 1.62. The summed E-state index contributed by atoms with van der Waals surface area (Å²) in [4.78, 5) is 16.1. The molecule has 0 aliphatic carbocycles. The Morgan fingerprint density at radius 3 is 2.26 bits per heavy atom. The Hall–Kier alpha value is -1.98. The van der Waals surface area contributed by atoms with Crippen LogP contribution in [0.15, 0.2) is 41.3 Å². The van der Waals surface area contributed by atoms with Crippen LogP contribution < -0.4 is 10.2 Å². The van der Waals surface area contributed by atoms with Crippen molar-refractivity contribution in [3.63, 3.8) is 0 Å². The molecule has 3 rings (SSSR count). The van der Waals surface area contributed by atoms with Gasteiger partial charge in [0.1, 0.15) is 0 Å². The number of ether oxygens (including phenoxy) is 1. The van der Waals surface area contributed by atoms with Gasteiger partial charge in [-0.1, -0.05) is 17.7 Å². The highest BCUT2D eigenvalue weighted by Crippen LogP contribution is 2.31. The largest absolute Gasteiger partial charge is 0.378 e. The predicted octanol–water partition coefficient (Wildman–Crippen LogP) is 4.57. The molecule has 4 nitrogen and oxygen atoms in total. The topological polar surface area (TPSA) is 41.6 Å². The lowest BCUT2D eigenvalue weighted by atomic mass is 10.1. The van der Waals surface area contributed by atoms with Crippen LogP contribution in [0.5, 0.6) is 0 Å². The first-order valence-electron chi connectivity index (χ1n) is 9.42. The minimum Gasteiger partial charge on any atom is -0.378 e. The highest BCUT2D eigenvalue weighted by atomic mass is 32.2. The third kappa shape index (κ3) is 5.05. The van der Waals surface area contributed by atoms with Crippen molar-refractivity contribution >= 4 is 29.0 Å². The van der Waals surface area contributed by atoms with E-state index in [4.69, 9.17) is 4.74 Å². The molecule has 1 fully saturated rings. The molecule has 144 valence electrons. The fourth-order valence-corrected chi connectivity index (χ4v) is 4.41. The number of nitrogens with one attached hydrogen (secondary N) is 1. The van der Waals surface area contributed by atoms with E-state index in [0.717, 1.165) is 32.0 Å². The number of thioether (sulfide) groups is 1. The van der Waals surface area contributed by atoms with Gasteiger partial charge < -0.3 is 15.0 Å². The molecule has 0 saturated carbocycles. The number of carbonyl (C=O) groups is 1. The van der Waals surface area contributed by atoms with Crippen molar-refractivity contribution < 1.29 is 9.53 Å². The summed E-state index contributed by atoms with van der Waals surface area (Å²) in [6.07, 6.45) is 0. The summed E-state index contributed by atoms with van der Waals surface area (Å²) in [5.41, 5.74) is 5.72. The maximum Gasteiger partial charge on any atom is 0.237 e. The summed E-state index contributed by atoms with van der Waals surface area (Å²) < 4.78 is 5.39. The monoisotopic (exact) mass is 384 g/mol. The van der Waals surface area contributed by atoms with Crippen LogP contribution >= 0.6 is 11.8 Å². The lowest BCUT2D eigenvalue weighted by Crippen LogP contribution is -2.36. The molecule has 2 aromatic rings. The minimum absolute atomic E-state index is 0.0264. The first-order chi connectivity index (χ1) is 12.9. The maximum atomic E-state index is 12.6. The summed E-state index contributed by atoms with van der Waals surface area (Å²) in [6, 6.07) is 12.4. The van der Waals surface area contributed by atoms with Gasteiger partial charge in [-0.25, -0.2) is 0 Å². The number of hydrogen-bond acceptors (Lipinski definition) is 4. The number of hydrogen-bond donors (Lipinski definition) is 1. The zero-order chi connectivity index (χ0) is 19.4. The zero-order valence-corrected chi connectivity index (χ0v) is 17.4. The van der Waals surface area contributed by atoms with Crippen LogP contribution in [0.3, 0.4) is 0 Å². The van der Waals surface area contributed by atoms with E-state index in [1.165, 1.54) is 27.3 Å². The minimum atomic E-state index is -0.163. The molecule has 0 spiro atoms. The highest BCUT2D eigenvalue weighted by Gasteiger charge is 2.17. The highest BCUT2D eigenvalue weighted by molar-refractivity contribution is 8.00. The second kappa shape index (κ2) is 8.81. The van der Waals surface area contributed by atoms with Gasteiger partial charge in [0.25, 0.3) is 0 Å². The van der Waals surface area contributed by atoms with E-state index < -0.39 is 0 Å². The van der Waals surface area contributed by atoms with E-state index in [1.807, 2.05) is 19.1 Å². The van der Waals surface area contributed by atoms with E-state index in [2.05, 4.69) is 55.3 Å². The van der Waals surface area contributed by atoms with Crippen molar-refractivity contribution in [1.29, 1.82) is 0 Å². The van der Waals surface area contributed by atoms with Gasteiger partial charge in [-0.2, -0.15) is 0 Å². The second-order valence-corrected chi connectivity index (χ2v) is 8.47. The average Bonchev–Trinajstić information content (AvgIpc) is 2.65. The first kappa shape index (κ1) is 19.8. The second-order valence-electron chi connectivity index (χ2n) is 7.12. The average molecular weight is 385 g/mol. The normalized spacial score (nSPS) is 15.5. The SMILES string of the molecule is Cc1cc(C)c(S[C@@H](C)C(=O)Nc2ccc(N3CCOCC3)cc2)c(C)c1. The standard InChI is InChI=1S/C22H28N2O2S/c1-15-13-16(2)21(17(3)14-15)27-18(4)22(25)23-19-5-7-20(8-6-19)24-9-11-26-12-10-24/h5-8,13-14,18H,9-12H2,1-4H3,(H,23,25)/t18-/m0/s1. The van der Waals surface area contributed by atoms with Gasteiger partial charge in [0.05, 0.1) is 18.5 Å². The van der Waals surface area contributed by atoms with Gasteiger partial charge in [-0.3, -0.25) is 4.79 Å². The van der Waals surface area contributed by atoms with Crippen molar-refractivity contribution in [2.24, 2.45) is 0 Å². The Bertz CT molecular complexity index is 775. The molecule has 5 heteroatoms. The van der Waals surface area contributed by atoms with E-state index in [-0.39, 0.29) is 11.2 Å². The molecule has 1 aliphatic heterocycles. The van der Waals surface area contributed by atoms with Crippen molar-refractivity contribution in [1.82, 2.24) is 0 Å². The predicted molar refractivity (Wildman–Crippen MR) is 114 cm³/mol. The molecule has 1 heterocycles. The fourth-order valence-electron chi connectivity index (χ4n) is 3.40. The van der Waals surface area contributed by atoms with Crippen LogP contribution in [-0.2, 0) is 9.53 Å². The Kier molecular flexibility index (Phi) is 6.45. The number of carbonyl (C=O) groups excluding carboxylic acids is 1. The summed E-state index contributed by atoms with van der Waals surface area (Å²) in [6.45, 7) is 11.6. The Morgan fingerprint density at radius 1 is 1.07 bits per heavy atom. The molecule has 0 aromatic heterocycles. The third-order valence-corrected chi connectivity index (χ3v) is 6.23.